The number of carbonyl (C=O) groups excluding carboxylic acids is 1. The van der Waals surface area contributed by atoms with Gasteiger partial charge >= 0.3 is 0 Å². The van der Waals surface area contributed by atoms with Gasteiger partial charge in [0.05, 0.1) is 15.7 Å². The minimum atomic E-state index is -1.46. The molecule has 0 aliphatic heterocycles. The topological polar surface area (TPSA) is 72.2 Å². The SMILES string of the molecule is CC(C)(C)NC(=O)CS(=O)c1ccc(Cl)cc1N. The summed E-state index contributed by atoms with van der Waals surface area (Å²) in [5.41, 5.74) is 5.71. The maximum Gasteiger partial charge on any atom is 0.233 e. The van der Waals surface area contributed by atoms with E-state index in [9.17, 15) is 9.00 Å². The molecule has 0 fully saturated rings. The van der Waals surface area contributed by atoms with Gasteiger partial charge in [0.25, 0.3) is 0 Å². The third-order valence-corrected chi connectivity index (χ3v) is 3.62. The number of anilines is 1. The number of benzene rings is 1. The molecule has 0 saturated heterocycles. The van der Waals surface area contributed by atoms with Crippen LogP contribution in [0.1, 0.15) is 20.8 Å². The second-order valence-corrected chi connectivity index (χ2v) is 6.83. The fourth-order valence-corrected chi connectivity index (χ4v) is 2.57. The molecule has 0 spiro atoms. The van der Waals surface area contributed by atoms with E-state index in [4.69, 9.17) is 17.3 Å². The molecule has 18 heavy (non-hydrogen) atoms. The number of rotatable bonds is 3. The van der Waals surface area contributed by atoms with E-state index in [1.165, 1.54) is 6.07 Å². The zero-order valence-electron chi connectivity index (χ0n) is 10.6. The molecule has 1 amide bonds. The van der Waals surface area contributed by atoms with Crippen LogP contribution in [0, 0.1) is 0 Å². The Balaban J connectivity index is 2.74. The van der Waals surface area contributed by atoms with E-state index in [1.807, 2.05) is 20.8 Å². The Hall–Kier alpha value is -1.07. The number of hydrogen-bond acceptors (Lipinski definition) is 3. The van der Waals surface area contributed by atoms with Gasteiger partial charge in [-0.3, -0.25) is 9.00 Å². The third kappa shape index (κ3) is 4.66. The van der Waals surface area contributed by atoms with E-state index in [-0.39, 0.29) is 17.2 Å². The van der Waals surface area contributed by atoms with Crippen molar-refractivity contribution >= 4 is 34.0 Å². The summed E-state index contributed by atoms with van der Waals surface area (Å²) in [5, 5.41) is 3.23. The number of halogens is 1. The highest BCUT2D eigenvalue weighted by atomic mass is 35.5. The molecule has 0 aliphatic rings. The first-order valence-electron chi connectivity index (χ1n) is 5.43. The summed E-state index contributed by atoms with van der Waals surface area (Å²) in [6.45, 7) is 5.60. The molecule has 0 radical (unpaired) electrons. The molecule has 0 bridgehead atoms. The van der Waals surface area contributed by atoms with Crippen molar-refractivity contribution in [3.05, 3.63) is 23.2 Å². The Morgan fingerprint density at radius 2 is 2.06 bits per heavy atom. The summed E-state index contributed by atoms with van der Waals surface area (Å²) in [7, 11) is -1.46. The minimum Gasteiger partial charge on any atom is -0.398 e. The van der Waals surface area contributed by atoms with E-state index < -0.39 is 10.8 Å². The molecule has 3 N–H and O–H groups in total. The molecular formula is C12H17ClN2O2S. The van der Waals surface area contributed by atoms with Crippen molar-refractivity contribution in [1.82, 2.24) is 5.32 Å². The third-order valence-electron chi connectivity index (χ3n) is 1.99. The van der Waals surface area contributed by atoms with Crippen LogP contribution in [0.3, 0.4) is 0 Å². The van der Waals surface area contributed by atoms with Crippen molar-refractivity contribution in [2.24, 2.45) is 0 Å². The molecule has 6 heteroatoms. The Labute approximate surface area is 114 Å². The molecule has 4 nitrogen and oxygen atoms in total. The van der Waals surface area contributed by atoms with Crippen LogP contribution in [-0.2, 0) is 15.6 Å². The monoisotopic (exact) mass is 288 g/mol. The van der Waals surface area contributed by atoms with Gasteiger partial charge in [-0.15, -0.1) is 0 Å². The molecule has 1 aromatic rings. The van der Waals surface area contributed by atoms with Gasteiger partial charge in [-0.1, -0.05) is 11.6 Å². The zero-order valence-corrected chi connectivity index (χ0v) is 12.2. The lowest BCUT2D eigenvalue weighted by atomic mass is 10.1. The highest BCUT2D eigenvalue weighted by molar-refractivity contribution is 7.86. The number of amides is 1. The molecule has 0 heterocycles. The molecule has 1 unspecified atom stereocenters. The molecular weight excluding hydrogens is 272 g/mol. The van der Waals surface area contributed by atoms with Gasteiger partial charge in [0, 0.05) is 16.2 Å². The Bertz CT molecular complexity index is 483. The fourth-order valence-electron chi connectivity index (χ4n) is 1.38. The van der Waals surface area contributed by atoms with E-state index in [1.54, 1.807) is 12.1 Å². The second-order valence-electron chi connectivity index (χ2n) is 4.97. The highest BCUT2D eigenvalue weighted by Crippen LogP contribution is 2.21. The lowest BCUT2D eigenvalue weighted by molar-refractivity contribution is -0.119. The Morgan fingerprint density at radius 3 is 2.56 bits per heavy atom. The highest BCUT2D eigenvalue weighted by Gasteiger charge is 2.17. The fraction of sp³-hybridized carbons (Fsp3) is 0.417. The molecule has 0 aliphatic carbocycles. The van der Waals surface area contributed by atoms with Crippen molar-refractivity contribution < 1.29 is 9.00 Å². The number of nitrogens with one attached hydrogen (secondary N) is 1. The molecule has 0 saturated carbocycles. The van der Waals surface area contributed by atoms with Gasteiger partial charge in [0.1, 0.15) is 5.75 Å². The predicted molar refractivity (Wildman–Crippen MR) is 75.0 cm³/mol. The summed E-state index contributed by atoms with van der Waals surface area (Å²) in [6, 6.07) is 4.71. The predicted octanol–water partition coefficient (Wildman–Crippen LogP) is 1.94. The van der Waals surface area contributed by atoms with Crippen LogP contribution in [0.2, 0.25) is 5.02 Å². The van der Waals surface area contributed by atoms with E-state index in [0.717, 1.165) is 0 Å². The second kappa shape index (κ2) is 5.71. The largest absolute Gasteiger partial charge is 0.398 e. The van der Waals surface area contributed by atoms with Crippen LogP contribution in [0.5, 0.6) is 0 Å². The minimum absolute atomic E-state index is 0.108. The average molecular weight is 289 g/mol. The molecule has 1 rings (SSSR count). The average Bonchev–Trinajstić information content (AvgIpc) is 2.13. The van der Waals surface area contributed by atoms with Crippen molar-refractivity contribution in [1.29, 1.82) is 0 Å². The molecule has 1 atom stereocenters. The van der Waals surface area contributed by atoms with Crippen molar-refractivity contribution in [3.63, 3.8) is 0 Å². The van der Waals surface area contributed by atoms with Crippen molar-refractivity contribution in [2.45, 2.75) is 31.2 Å². The van der Waals surface area contributed by atoms with E-state index in [0.29, 0.717) is 15.6 Å². The maximum absolute atomic E-state index is 12.0. The normalized spacial score (nSPS) is 13.1. The van der Waals surface area contributed by atoms with Gasteiger partial charge in [-0.05, 0) is 39.0 Å². The van der Waals surface area contributed by atoms with Crippen LogP contribution in [-0.4, -0.2) is 21.4 Å². The quantitative estimate of drug-likeness (QED) is 0.835. The van der Waals surface area contributed by atoms with Gasteiger partial charge in [0.15, 0.2) is 0 Å². The number of nitrogens with two attached hydrogens (primary N) is 1. The van der Waals surface area contributed by atoms with Crippen LogP contribution < -0.4 is 11.1 Å². The standard InChI is InChI=1S/C12H17ClN2O2S/c1-12(2,3)15-11(16)7-18(17)10-5-4-8(13)6-9(10)14/h4-6H,7,14H2,1-3H3,(H,15,16). The van der Waals surface area contributed by atoms with Gasteiger partial charge < -0.3 is 11.1 Å². The molecule has 1 aromatic carbocycles. The van der Waals surface area contributed by atoms with Crippen LogP contribution >= 0.6 is 11.6 Å². The maximum atomic E-state index is 12.0. The summed E-state index contributed by atoms with van der Waals surface area (Å²) < 4.78 is 12.0. The van der Waals surface area contributed by atoms with Gasteiger partial charge in [-0.25, -0.2) is 0 Å². The van der Waals surface area contributed by atoms with Gasteiger partial charge in [0.2, 0.25) is 5.91 Å². The van der Waals surface area contributed by atoms with Crippen molar-refractivity contribution in [2.75, 3.05) is 11.5 Å². The summed E-state index contributed by atoms with van der Waals surface area (Å²) in [5.74, 6) is -0.376. The number of carbonyl (C=O) groups is 1. The van der Waals surface area contributed by atoms with Crippen LogP contribution in [0.15, 0.2) is 23.1 Å². The molecule has 100 valence electrons. The summed E-state index contributed by atoms with van der Waals surface area (Å²) >= 11 is 5.76. The van der Waals surface area contributed by atoms with Gasteiger partial charge in [-0.2, -0.15) is 0 Å². The van der Waals surface area contributed by atoms with Crippen LogP contribution in [0.25, 0.3) is 0 Å². The first-order valence-corrected chi connectivity index (χ1v) is 7.13. The molecule has 0 aromatic heterocycles. The smallest absolute Gasteiger partial charge is 0.233 e. The summed E-state index contributed by atoms with van der Waals surface area (Å²) in [6.07, 6.45) is 0. The Morgan fingerprint density at radius 1 is 1.44 bits per heavy atom. The zero-order chi connectivity index (χ0) is 13.9. The lowest BCUT2D eigenvalue weighted by Gasteiger charge is -2.20. The summed E-state index contributed by atoms with van der Waals surface area (Å²) in [4.78, 5) is 12.1. The lowest BCUT2D eigenvalue weighted by Crippen LogP contribution is -2.42. The van der Waals surface area contributed by atoms with E-state index in [2.05, 4.69) is 5.32 Å². The van der Waals surface area contributed by atoms with Crippen molar-refractivity contribution in [3.8, 4) is 0 Å². The van der Waals surface area contributed by atoms with E-state index >= 15 is 0 Å². The Kier molecular flexibility index (Phi) is 4.76. The first-order chi connectivity index (χ1) is 8.19. The first kappa shape index (κ1) is 15.0. The number of hydrogen-bond donors (Lipinski definition) is 2. The number of nitrogen functional groups attached to an aromatic ring is 1. The van der Waals surface area contributed by atoms with Crippen LogP contribution in [0.4, 0.5) is 5.69 Å².